The van der Waals surface area contributed by atoms with Gasteiger partial charge in [-0.15, -0.1) is 0 Å². The Hall–Kier alpha value is 0.390. The molecule has 0 amide bonds. The molecule has 3 atom stereocenters. The number of hydrogen-bond acceptors (Lipinski definition) is 2. The summed E-state index contributed by atoms with van der Waals surface area (Å²) in [5, 5.41) is -0.193. The summed E-state index contributed by atoms with van der Waals surface area (Å²) < 4.78 is 25.4. The van der Waals surface area contributed by atoms with E-state index in [2.05, 4.69) is 27.6 Å². The number of rotatable bonds is 2. The van der Waals surface area contributed by atoms with Crippen molar-refractivity contribution in [3.05, 3.63) is 0 Å². The Balaban J connectivity index is 2.66. The van der Waals surface area contributed by atoms with Crippen LogP contribution in [0, 0.1) is 5.92 Å². The third-order valence-electron chi connectivity index (χ3n) is 2.74. The Morgan fingerprint density at radius 1 is 1.38 bits per heavy atom. The third kappa shape index (κ3) is 2.67. The second kappa shape index (κ2) is 4.28. The quantitative estimate of drug-likeness (QED) is 0.773. The average molecular weight is 270 g/mol. The molecule has 1 saturated carbocycles. The molecule has 0 aromatic carbocycles. The molecule has 1 aliphatic rings. The van der Waals surface area contributed by atoms with Gasteiger partial charge in [-0.1, -0.05) is 22.9 Å². The van der Waals surface area contributed by atoms with Gasteiger partial charge < -0.3 is 0 Å². The molecule has 3 unspecified atom stereocenters. The highest BCUT2D eigenvalue weighted by molar-refractivity contribution is 9.09. The molecule has 1 aliphatic carbocycles. The maximum Gasteiger partial charge on any atom is 0.214 e. The number of halogens is 1. The molecule has 0 saturated heterocycles. The number of hydrogen-bond donors (Lipinski definition) is 1. The molecule has 3 nitrogen and oxygen atoms in total. The van der Waals surface area contributed by atoms with Gasteiger partial charge in [0.2, 0.25) is 10.0 Å². The number of nitrogens with one attached hydrogen (secondary N) is 1. The molecule has 0 aromatic rings. The lowest BCUT2D eigenvalue weighted by atomic mass is 9.90. The van der Waals surface area contributed by atoms with Gasteiger partial charge in [0.1, 0.15) is 0 Å². The normalized spacial score (nSPS) is 36.1. The molecule has 0 bridgehead atoms. The Kier molecular flexibility index (Phi) is 3.77. The Labute approximate surface area is 88.5 Å². The van der Waals surface area contributed by atoms with Crippen molar-refractivity contribution in [3.8, 4) is 0 Å². The first-order chi connectivity index (χ1) is 5.97. The monoisotopic (exact) mass is 269 g/mol. The zero-order valence-electron chi connectivity index (χ0n) is 7.96. The minimum atomic E-state index is -3.05. The highest BCUT2D eigenvalue weighted by Gasteiger charge is 2.32. The second-order valence-corrected chi connectivity index (χ2v) is 7.02. The van der Waals surface area contributed by atoms with Gasteiger partial charge in [-0.3, -0.25) is 0 Å². The van der Waals surface area contributed by atoms with Crippen LogP contribution in [0.5, 0.6) is 0 Å². The van der Waals surface area contributed by atoms with E-state index >= 15 is 0 Å². The Morgan fingerprint density at radius 3 is 2.46 bits per heavy atom. The van der Waals surface area contributed by atoms with Crippen LogP contribution in [-0.4, -0.2) is 25.5 Å². The van der Waals surface area contributed by atoms with Crippen LogP contribution in [0.15, 0.2) is 0 Å². The van der Waals surface area contributed by atoms with Crippen molar-refractivity contribution >= 4 is 26.0 Å². The standard InChI is InChI=1S/C8H16BrNO2S/c1-6-5-7(3-4-8(6)9)13(11,12)10-2/h6-8,10H,3-5H2,1-2H3. The fraction of sp³-hybridized carbons (Fsp3) is 1.00. The van der Waals surface area contributed by atoms with E-state index in [-0.39, 0.29) is 5.25 Å². The summed E-state index contributed by atoms with van der Waals surface area (Å²) in [6.45, 7) is 2.09. The lowest BCUT2D eigenvalue weighted by molar-refractivity contribution is 0.396. The maximum absolute atomic E-state index is 11.5. The van der Waals surface area contributed by atoms with E-state index < -0.39 is 10.0 Å². The highest BCUT2D eigenvalue weighted by atomic mass is 79.9. The Morgan fingerprint density at radius 2 is 2.00 bits per heavy atom. The first kappa shape index (κ1) is 11.5. The van der Waals surface area contributed by atoms with Gasteiger partial charge in [-0.05, 0) is 32.2 Å². The summed E-state index contributed by atoms with van der Waals surface area (Å²) >= 11 is 3.55. The summed E-state index contributed by atoms with van der Waals surface area (Å²) in [4.78, 5) is 0.482. The SMILES string of the molecule is CNS(=O)(=O)C1CCC(Br)C(C)C1. The molecule has 13 heavy (non-hydrogen) atoms. The maximum atomic E-state index is 11.5. The second-order valence-electron chi connectivity index (χ2n) is 3.68. The summed E-state index contributed by atoms with van der Waals surface area (Å²) in [6, 6.07) is 0. The molecule has 1 fully saturated rings. The van der Waals surface area contributed by atoms with Crippen LogP contribution in [0.25, 0.3) is 0 Å². The first-order valence-electron chi connectivity index (χ1n) is 4.54. The van der Waals surface area contributed by atoms with Crippen molar-refractivity contribution in [1.29, 1.82) is 0 Å². The summed E-state index contributed by atoms with van der Waals surface area (Å²) in [5.41, 5.74) is 0. The molecule has 1 N–H and O–H groups in total. The third-order valence-corrected chi connectivity index (χ3v) is 5.98. The van der Waals surface area contributed by atoms with Gasteiger partial charge in [0.05, 0.1) is 5.25 Å². The van der Waals surface area contributed by atoms with Crippen molar-refractivity contribution < 1.29 is 8.42 Å². The van der Waals surface area contributed by atoms with E-state index in [4.69, 9.17) is 0 Å². The van der Waals surface area contributed by atoms with E-state index in [1.165, 1.54) is 7.05 Å². The summed E-state index contributed by atoms with van der Waals surface area (Å²) in [5.74, 6) is 0.446. The average Bonchev–Trinajstić information content (AvgIpc) is 2.09. The van der Waals surface area contributed by atoms with Crippen LogP contribution in [-0.2, 0) is 10.0 Å². The zero-order valence-corrected chi connectivity index (χ0v) is 10.4. The molecule has 0 spiro atoms. The minimum absolute atomic E-state index is 0.193. The summed E-state index contributed by atoms with van der Waals surface area (Å²) in [7, 11) is -1.56. The van der Waals surface area contributed by atoms with Crippen LogP contribution >= 0.6 is 15.9 Å². The first-order valence-corrected chi connectivity index (χ1v) is 7.00. The van der Waals surface area contributed by atoms with Crippen LogP contribution in [0.2, 0.25) is 0 Å². The molecule has 0 aromatic heterocycles. The van der Waals surface area contributed by atoms with Gasteiger partial charge in [-0.2, -0.15) is 0 Å². The lowest BCUT2D eigenvalue weighted by Gasteiger charge is -2.30. The van der Waals surface area contributed by atoms with Crippen LogP contribution in [0.3, 0.4) is 0 Å². The molecule has 0 radical (unpaired) electrons. The van der Waals surface area contributed by atoms with Crippen LogP contribution < -0.4 is 4.72 Å². The largest absolute Gasteiger partial charge is 0.218 e. The molecule has 5 heteroatoms. The van der Waals surface area contributed by atoms with E-state index in [9.17, 15) is 8.42 Å². The van der Waals surface area contributed by atoms with Crippen LogP contribution in [0.1, 0.15) is 26.2 Å². The minimum Gasteiger partial charge on any atom is -0.218 e. The molecular formula is C8H16BrNO2S. The number of alkyl halides is 1. The molecule has 0 aliphatic heterocycles. The van der Waals surface area contributed by atoms with Gasteiger partial charge in [0.15, 0.2) is 0 Å². The van der Waals surface area contributed by atoms with Crippen molar-refractivity contribution in [3.63, 3.8) is 0 Å². The van der Waals surface area contributed by atoms with E-state index in [1.54, 1.807) is 0 Å². The Bertz CT molecular complexity index is 265. The predicted octanol–water partition coefficient (Wildman–Crippen LogP) is 1.49. The van der Waals surface area contributed by atoms with Gasteiger partial charge >= 0.3 is 0 Å². The van der Waals surface area contributed by atoms with E-state index in [1.807, 2.05) is 0 Å². The van der Waals surface area contributed by atoms with Gasteiger partial charge in [-0.25, -0.2) is 13.1 Å². The predicted molar refractivity (Wildman–Crippen MR) is 57.5 cm³/mol. The van der Waals surface area contributed by atoms with Crippen molar-refractivity contribution in [2.75, 3.05) is 7.05 Å². The lowest BCUT2D eigenvalue weighted by Crippen LogP contribution is -2.37. The van der Waals surface area contributed by atoms with E-state index in [0.717, 1.165) is 19.3 Å². The smallest absolute Gasteiger partial charge is 0.214 e. The van der Waals surface area contributed by atoms with Crippen molar-refractivity contribution in [2.45, 2.75) is 36.3 Å². The summed E-state index contributed by atoms with van der Waals surface area (Å²) in [6.07, 6.45) is 2.48. The fourth-order valence-electron chi connectivity index (χ4n) is 1.76. The number of sulfonamides is 1. The van der Waals surface area contributed by atoms with Crippen molar-refractivity contribution in [1.82, 2.24) is 4.72 Å². The molecule has 78 valence electrons. The molecule has 0 heterocycles. The van der Waals surface area contributed by atoms with Crippen LogP contribution in [0.4, 0.5) is 0 Å². The highest BCUT2D eigenvalue weighted by Crippen LogP contribution is 2.32. The zero-order chi connectivity index (χ0) is 10.1. The molecular weight excluding hydrogens is 254 g/mol. The van der Waals surface area contributed by atoms with Gasteiger partial charge in [0.25, 0.3) is 0 Å². The topological polar surface area (TPSA) is 46.2 Å². The van der Waals surface area contributed by atoms with Gasteiger partial charge in [0, 0.05) is 4.83 Å². The van der Waals surface area contributed by atoms with E-state index in [0.29, 0.717) is 10.7 Å². The fourth-order valence-corrected chi connectivity index (χ4v) is 3.58. The molecule has 1 rings (SSSR count). The van der Waals surface area contributed by atoms with Crippen molar-refractivity contribution in [2.24, 2.45) is 5.92 Å².